The van der Waals surface area contributed by atoms with E-state index in [-0.39, 0.29) is 17.4 Å². The Morgan fingerprint density at radius 1 is 1.60 bits per heavy atom. The van der Waals surface area contributed by atoms with Crippen molar-refractivity contribution in [2.24, 2.45) is 0 Å². The van der Waals surface area contributed by atoms with Gasteiger partial charge in [0.1, 0.15) is 0 Å². The van der Waals surface area contributed by atoms with Gasteiger partial charge < -0.3 is 0 Å². The van der Waals surface area contributed by atoms with Crippen LogP contribution in [0.3, 0.4) is 0 Å². The van der Waals surface area contributed by atoms with Crippen molar-refractivity contribution in [3.05, 3.63) is 33.1 Å². The fourth-order valence-corrected chi connectivity index (χ4v) is 1.12. The number of nitro groups is 1. The molecule has 0 N–H and O–H groups in total. The van der Waals surface area contributed by atoms with Gasteiger partial charge in [-0.3, -0.25) is 14.9 Å². The van der Waals surface area contributed by atoms with Crippen molar-refractivity contribution in [3.8, 4) is 0 Å². The normalized spacial score (nSPS) is 10.4. The second kappa shape index (κ2) is 4.07. The van der Waals surface area contributed by atoms with E-state index in [0.29, 0.717) is 0 Å². The molecule has 7 heteroatoms. The molecule has 15 heavy (non-hydrogen) atoms. The molecular formula is C8H6F2N2O3. The SMILES string of the molecule is Cc1cnc(C(F)F)c([N+](=O)[O-])c1C=O. The maximum absolute atomic E-state index is 12.4. The van der Waals surface area contributed by atoms with Crippen molar-refractivity contribution in [2.45, 2.75) is 13.3 Å². The standard InChI is InChI=1S/C8H6F2N2O3/c1-4-2-11-6(8(9)10)7(12(14)15)5(4)3-13/h2-3,8H,1H3. The van der Waals surface area contributed by atoms with Crippen molar-refractivity contribution in [3.63, 3.8) is 0 Å². The largest absolute Gasteiger partial charge is 0.307 e. The van der Waals surface area contributed by atoms with E-state index in [2.05, 4.69) is 4.98 Å². The van der Waals surface area contributed by atoms with Crippen LogP contribution in [0.4, 0.5) is 14.5 Å². The van der Waals surface area contributed by atoms with Gasteiger partial charge in [-0.25, -0.2) is 13.8 Å². The number of alkyl halides is 2. The second-order valence-electron chi connectivity index (χ2n) is 2.76. The van der Waals surface area contributed by atoms with Crippen molar-refractivity contribution in [1.82, 2.24) is 4.98 Å². The maximum Gasteiger partial charge on any atom is 0.307 e. The Morgan fingerprint density at radius 3 is 2.60 bits per heavy atom. The third kappa shape index (κ3) is 1.95. The van der Waals surface area contributed by atoms with Crippen molar-refractivity contribution >= 4 is 12.0 Å². The van der Waals surface area contributed by atoms with Gasteiger partial charge in [-0.15, -0.1) is 0 Å². The summed E-state index contributed by atoms with van der Waals surface area (Å²) in [4.78, 5) is 23.3. The molecule has 0 radical (unpaired) electrons. The zero-order valence-electron chi connectivity index (χ0n) is 7.61. The third-order valence-corrected chi connectivity index (χ3v) is 1.83. The number of pyridine rings is 1. The fourth-order valence-electron chi connectivity index (χ4n) is 1.12. The first-order chi connectivity index (χ1) is 6.99. The molecule has 0 aliphatic heterocycles. The Kier molecular flexibility index (Phi) is 3.03. The van der Waals surface area contributed by atoms with Crippen LogP contribution in [0.15, 0.2) is 6.20 Å². The number of aldehydes is 1. The lowest BCUT2D eigenvalue weighted by Crippen LogP contribution is -2.05. The molecule has 1 rings (SSSR count). The van der Waals surface area contributed by atoms with Crippen molar-refractivity contribution in [2.75, 3.05) is 0 Å². The lowest BCUT2D eigenvalue weighted by Gasteiger charge is -2.04. The Bertz CT molecular complexity index is 421. The molecule has 0 bridgehead atoms. The number of halogens is 2. The molecule has 0 spiro atoms. The zero-order chi connectivity index (χ0) is 11.6. The van der Waals surface area contributed by atoms with Gasteiger partial charge in [-0.1, -0.05) is 0 Å². The highest BCUT2D eigenvalue weighted by Crippen LogP contribution is 2.30. The molecule has 1 aromatic heterocycles. The summed E-state index contributed by atoms with van der Waals surface area (Å²) in [5.74, 6) is 0. The quantitative estimate of drug-likeness (QED) is 0.440. The Morgan fingerprint density at radius 2 is 2.20 bits per heavy atom. The Hall–Kier alpha value is -1.92. The molecule has 0 fully saturated rings. The lowest BCUT2D eigenvalue weighted by atomic mass is 10.1. The first-order valence-electron chi connectivity index (χ1n) is 3.86. The summed E-state index contributed by atoms with van der Waals surface area (Å²) in [7, 11) is 0. The van der Waals surface area contributed by atoms with Gasteiger partial charge in [0.05, 0.1) is 10.5 Å². The zero-order valence-corrected chi connectivity index (χ0v) is 7.61. The number of hydrogen-bond acceptors (Lipinski definition) is 4. The van der Waals surface area contributed by atoms with Gasteiger partial charge >= 0.3 is 5.69 Å². The predicted molar refractivity (Wildman–Crippen MR) is 46.0 cm³/mol. The van der Waals surface area contributed by atoms with Crippen LogP contribution < -0.4 is 0 Å². The molecule has 0 aromatic carbocycles. The van der Waals surface area contributed by atoms with Crippen molar-refractivity contribution < 1.29 is 18.5 Å². The number of carbonyl (C=O) groups excluding carboxylic acids is 1. The van der Waals surface area contributed by atoms with Crippen molar-refractivity contribution in [1.29, 1.82) is 0 Å². The molecule has 0 amide bonds. The fraction of sp³-hybridized carbons (Fsp3) is 0.250. The topological polar surface area (TPSA) is 73.1 Å². The third-order valence-electron chi connectivity index (χ3n) is 1.83. The summed E-state index contributed by atoms with van der Waals surface area (Å²) in [5, 5.41) is 10.5. The molecule has 0 unspecified atom stereocenters. The van der Waals surface area contributed by atoms with Gasteiger partial charge in [0, 0.05) is 6.20 Å². The maximum atomic E-state index is 12.4. The van der Waals surface area contributed by atoms with E-state index in [9.17, 15) is 23.7 Å². The summed E-state index contributed by atoms with van der Waals surface area (Å²) in [5.41, 5.74) is -2.06. The molecule has 0 aliphatic rings. The van der Waals surface area contributed by atoms with Crippen LogP contribution in [0, 0.1) is 17.0 Å². The molecule has 1 heterocycles. The summed E-state index contributed by atoms with van der Waals surface area (Å²) in [6.45, 7) is 1.39. The van der Waals surface area contributed by atoms with E-state index in [0.717, 1.165) is 6.20 Å². The average Bonchev–Trinajstić information content (AvgIpc) is 2.16. The smallest absolute Gasteiger partial charge is 0.298 e. The number of carbonyl (C=O) groups is 1. The van der Waals surface area contributed by atoms with Gasteiger partial charge in [-0.05, 0) is 12.5 Å². The van der Waals surface area contributed by atoms with Gasteiger partial charge in [0.2, 0.25) is 0 Å². The Balaban J connectivity index is 3.56. The van der Waals surface area contributed by atoms with Gasteiger partial charge in [0.25, 0.3) is 6.43 Å². The minimum absolute atomic E-state index is 0.182. The van der Waals surface area contributed by atoms with E-state index in [1.54, 1.807) is 0 Å². The second-order valence-corrected chi connectivity index (χ2v) is 2.76. The number of aryl methyl sites for hydroxylation is 1. The molecule has 5 nitrogen and oxygen atoms in total. The average molecular weight is 216 g/mol. The minimum atomic E-state index is -3.08. The molecule has 80 valence electrons. The van der Waals surface area contributed by atoms with Crippen LogP contribution in [0.1, 0.15) is 28.0 Å². The van der Waals surface area contributed by atoms with Crippen LogP contribution in [-0.4, -0.2) is 16.2 Å². The van der Waals surface area contributed by atoms with E-state index in [4.69, 9.17) is 0 Å². The van der Waals surface area contributed by atoms with E-state index in [1.165, 1.54) is 6.92 Å². The molecule has 1 aromatic rings. The van der Waals surface area contributed by atoms with Crippen LogP contribution >= 0.6 is 0 Å². The van der Waals surface area contributed by atoms with E-state index in [1.807, 2.05) is 0 Å². The van der Waals surface area contributed by atoms with E-state index >= 15 is 0 Å². The molecule has 0 aliphatic carbocycles. The minimum Gasteiger partial charge on any atom is -0.298 e. The Labute approximate surface area is 82.9 Å². The highest BCUT2D eigenvalue weighted by Gasteiger charge is 2.28. The van der Waals surface area contributed by atoms with Gasteiger partial charge in [-0.2, -0.15) is 0 Å². The number of hydrogen-bond donors (Lipinski definition) is 0. The number of nitrogens with zero attached hydrogens (tertiary/aromatic N) is 2. The highest BCUT2D eigenvalue weighted by atomic mass is 19.3. The predicted octanol–water partition coefficient (Wildman–Crippen LogP) is 2.05. The van der Waals surface area contributed by atoms with Crippen LogP contribution in [0.5, 0.6) is 0 Å². The first kappa shape index (κ1) is 11.2. The molecule has 0 atom stereocenters. The lowest BCUT2D eigenvalue weighted by molar-refractivity contribution is -0.386. The van der Waals surface area contributed by atoms with E-state index < -0.39 is 22.7 Å². The molecule has 0 saturated carbocycles. The molecule has 0 saturated heterocycles. The monoisotopic (exact) mass is 216 g/mol. The summed E-state index contributed by atoms with van der Waals surface area (Å²) >= 11 is 0. The van der Waals surface area contributed by atoms with Crippen LogP contribution in [0.2, 0.25) is 0 Å². The van der Waals surface area contributed by atoms with Crippen LogP contribution in [-0.2, 0) is 0 Å². The summed E-state index contributed by atoms with van der Waals surface area (Å²) < 4.78 is 24.7. The number of rotatable bonds is 3. The van der Waals surface area contributed by atoms with Crippen LogP contribution in [0.25, 0.3) is 0 Å². The van der Waals surface area contributed by atoms with Gasteiger partial charge in [0.15, 0.2) is 12.0 Å². The molecular weight excluding hydrogens is 210 g/mol. The summed E-state index contributed by atoms with van der Waals surface area (Å²) in [6.07, 6.45) is -1.89. The highest BCUT2D eigenvalue weighted by molar-refractivity contribution is 5.84. The first-order valence-corrected chi connectivity index (χ1v) is 3.86. The summed E-state index contributed by atoms with van der Waals surface area (Å²) in [6, 6.07) is 0. The number of aromatic nitrogens is 1.